The van der Waals surface area contributed by atoms with Crippen LogP contribution in [0.1, 0.15) is 5.56 Å². The van der Waals surface area contributed by atoms with Gasteiger partial charge in [-0.25, -0.2) is 4.98 Å². The number of nitriles is 1. The first kappa shape index (κ1) is 15.3. The number of nitrogens with one attached hydrogen (secondary N) is 1. The lowest BCUT2D eigenvalue weighted by Crippen LogP contribution is -1.99. The number of benzene rings is 1. The second kappa shape index (κ2) is 6.14. The minimum atomic E-state index is -0.537. The van der Waals surface area contributed by atoms with E-state index in [0.717, 1.165) is 0 Å². The summed E-state index contributed by atoms with van der Waals surface area (Å²) in [6.07, 6.45) is 0. The molecule has 2 aromatic rings. The molecule has 0 amide bonds. The maximum absolute atomic E-state index is 10.8. The molecule has 0 saturated carbocycles. The van der Waals surface area contributed by atoms with Crippen molar-refractivity contribution in [2.24, 2.45) is 0 Å². The van der Waals surface area contributed by atoms with E-state index in [1.165, 1.54) is 18.2 Å². The van der Waals surface area contributed by atoms with Crippen LogP contribution in [-0.4, -0.2) is 9.91 Å². The zero-order chi connectivity index (χ0) is 15.6. The molecule has 1 aromatic heterocycles. The highest BCUT2D eigenvalue weighted by Crippen LogP contribution is 2.37. The monoisotopic (exact) mass is 342 g/mol. The number of hydrogen-bond donors (Lipinski definition) is 1. The highest BCUT2D eigenvalue weighted by molar-refractivity contribution is 6.44. The summed E-state index contributed by atoms with van der Waals surface area (Å²) in [5.74, 6) is 0. The van der Waals surface area contributed by atoms with Crippen molar-refractivity contribution in [3.05, 3.63) is 55.3 Å². The molecule has 1 N–H and O–H groups in total. The topological polar surface area (TPSA) is 91.8 Å². The van der Waals surface area contributed by atoms with Gasteiger partial charge in [0.1, 0.15) is 16.7 Å². The zero-order valence-electron chi connectivity index (χ0n) is 10.1. The standard InChI is InChI=1S/C12H5Cl3N4O2/c13-9-10(8(5-16)11(14)18-12(9)15)17-6-2-1-3-7(4-6)19(20)21/h1-4H,(H,17,18). The van der Waals surface area contributed by atoms with Gasteiger partial charge in [0.2, 0.25) is 0 Å². The Bertz CT molecular complexity index is 774. The number of nitro groups is 1. The van der Waals surface area contributed by atoms with E-state index >= 15 is 0 Å². The van der Waals surface area contributed by atoms with Gasteiger partial charge in [0, 0.05) is 17.8 Å². The Balaban J connectivity index is 2.52. The fourth-order valence-corrected chi connectivity index (χ4v) is 2.20. The Kier molecular flexibility index (Phi) is 4.48. The number of aromatic nitrogens is 1. The maximum Gasteiger partial charge on any atom is 0.271 e. The number of nitrogens with zero attached hydrogens (tertiary/aromatic N) is 3. The lowest BCUT2D eigenvalue weighted by Gasteiger charge is -2.11. The summed E-state index contributed by atoms with van der Waals surface area (Å²) in [6, 6.07) is 7.55. The predicted octanol–water partition coefficient (Wildman–Crippen LogP) is 4.57. The van der Waals surface area contributed by atoms with Crippen LogP contribution in [0.4, 0.5) is 17.1 Å². The van der Waals surface area contributed by atoms with E-state index in [2.05, 4.69) is 10.3 Å². The van der Waals surface area contributed by atoms with Crippen LogP contribution in [0.25, 0.3) is 0 Å². The number of halogens is 3. The molecule has 1 heterocycles. The number of rotatable bonds is 3. The Hall–Kier alpha value is -2.07. The van der Waals surface area contributed by atoms with Gasteiger partial charge in [-0.2, -0.15) is 5.26 Å². The maximum atomic E-state index is 10.8. The van der Waals surface area contributed by atoms with E-state index in [9.17, 15) is 10.1 Å². The summed E-state index contributed by atoms with van der Waals surface area (Å²) >= 11 is 17.6. The highest BCUT2D eigenvalue weighted by Gasteiger charge is 2.17. The van der Waals surface area contributed by atoms with Crippen LogP contribution in [0.15, 0.2) is 24.3 Å². The summed E-state index contributed by atoms with van der Waals surface area (Å²) in [7, 11) is 0. The van der Waals surface area contributed by atoms with Gasteiger partial charge in [-0.3, -0.25) is 10.1 Å². The first-order chi connectivity index (χ1) is 9.93. The smallest absolute Gasteiger partial charge is 0.271 e. The van der Waals surface area contributed by atoms with Crippen molar-refractivity contribution in [1.82, 2.24) is 4.98 Å². The van der Waals surface area contributed by atoms with Crippen molar-refractivity contribution in [1.29, 1.82) is 5.26 Å². The Morgan fingerprint density at radius 1 is 1.29 bits per heavy atom. The van der Waals surface area contributed by atoms with E-state index in [4.69, 9.17) is 40.1 Å². The van der Waals surface area contributed by atoms with Crippen molar-refractivity contribution in [3.63, 3.8) is 0 Å². The summed E-state index contributed by atoms with van der Waals surface area (Å²) in [4.78, 5) is 13.9. The van der Waals surface area contributed by atoms with Crippen LogP contribution < -0.4 is 5.32 Å². The Morgan fingerprint density at radius 2 is 2.00 bits per heavy atom. The molecule has 0 aliphatic rings. The van der Waals surface area contributed by atoms with Crippen LogP contribution in [-0.2, 0) is 0 Å². The number of hydrogen-bond acceptors (Lipinski definition) is 5. The molecular formula is C12H5Cl3N4O2. The van der Waals surface area contributed by atoms with Crippen LogP contribution >= 0.6 is 34.8 Å². The van der Waals surface area contributed by atoms with Crippen molar-refractivity contribution in [2.75, 3.05) is 5.32 Å². The van der Waals surface area contributed by atoms with E-state index < -0.39 is 4.92 Å². The molecule has 6 nitrogen and oxygen atoms in total. The zero-order valence-corrected chi connectivity index (χ0v) is 12.4. The highest BCUT2D eigenvalue weighted by atomic mass is 35.5. The fraction of sp³-hybridized carbons (Fsp3) is 0. The van der Waals surface area contributed by atoms with Crippen LogP contribution in [0.5, 0.6) is 0 Å². The third-order valence-electron chi connectivity index (χ3n) is 2.49. The van der Waals surface area contributed by atoms with Gasteiger partial charge in [-0.1, -0.05) is 40.9 Å². The van der Waals surface area contributed by atoms with Crippen molar-refractivity contribution in [3.8, 4) is 6.07 Å². The SMILES string of the molecule is N#Cc1c(Cl)nc(Cl)c(Cl)c1Nc1cccc([N+](=O)[O-])c1. The molecule has 0 aliphatic heterocycles. The molecule has 0 unspecified atom stereocenters. The fourth-order valence-electron chi connectivity index (χ4n) is 1.57. The molecule has 2 rings (SSSR count). The van der Waals surface area contributed by atoms with Crippen molar-refractivity contribution < 1.29 is 4.92 Å². The van der Waals surface area contributed by atoms with E-state index in [0.29, 0.717) is 5.69 Å². The minimum Gasteiger partial charge on any atom is -0.353 e. The molecular weight excluding hydrogens is 339 g/mol. The van der Waals surface area contributed by atoms with Gasteiger partial charge < -0.3 is 5.32 Å². The lowest BCUT2D eigenvalue weighted by molar-refractivity contribution is -0.384. The second-order valence-corrected chi connectivity index (χ2v) is 4.90. The molecule has 1 aromatic carbocycles. The molecule has 0 spiro atoms. The van der Waals surface area contributed by atoms with Gasteiger partial charge in [-0.15, -0.1) is 0 Å². The minimum absolute atomic E-state index is 0.00225. The lowest BCUT2D eigenvalue weighted by atomic mass is 10.2. The molecule has 106 valence electrons. The summed E-state index contributed by atoms with van der Waals surface area (Å²) in [6.45, 7) is 0. The predicted molar refractivity (Wildman–Crippen MR) is 80.4 cm³/mol. The largest absolute Gasteiger partial charge is 0.353 e. The van der Waals surface area contributed by atoms with E-state index in [-0.39, 0.29) is 32.3 Å². The molecule has 0 saturated heterocycles. The Labute approximate surface area is 134 Å². The van der Waals surface area contributed by atoms with Gasteiger partial charge in [0.15, 0.2) is 10.3 Å². The quantitative estimate of drug-likeness (QED) is 0.501. The second-order valence-electron chi connectivity index (χ2n) is 3.80. The number of anilines is 2. The van der Waals surface area contributed by atoms with Gasteiger partial charge in [0.25, 0.3) is 5.69 Å². The third kappa shape index (κ3) is 3.16. The summed E-state index contributed by atoms with van der Waals surface area (Å²) in [5, 5.41) is 22.5. The van der Waals surface area contributed by atoms with Crippen LogP contribution in [0, 0.1) is 21.4 Å². The number of non-ortho nitro benzene ring substituents is 1. The van der Waals surface area contributed by atoms with E-state index in [1.807, 2.05) is 6.07 Å². The number of nitro benzene ring substituents is 1. The van der Waals surface area contributed by atoms with Gasteiger partial charge >= 0.3 is 0 Å². The molecule has 0 radical (unpaired) electrons. The molecule has 21 heavy (non-hydrogen) atoms. The summed E-state index contributed by atoms with van der Waals surface area (Å²) in [5.41, 5.74) is 0.393. The van der Waals surface area contributed by atoms with Crippen molar-refractivity contribution >= 4 is 51.9 Å². The van der Waals surface area contributed by atoms with Gasteiger partial charge in [0.05, 0.1) is 10.6 Å². The third-order valence-corrected chi connectivity index (χ3v) is 3.50. The van der Waals surface area contributed by atoms with Crippen molar-refractivity contribution in [2.45, 2.75) is 0 Å². The molecule has 0 aliphatic carbocycles. The molecule has 0 atom stereocenters. The Morgan fingerprint density at radius 3 is 2.62 bits per heavy atom. The molecule has 0 bridgehead atoms. The van der Waals surface area contributed by atoms with Gasteiger partial charge in [-0.05, 0) is 6.07 Å². The van der Waals surface area contributed by atoms with Crippen LogP contribution in [0.3, 0.4) is 0 Å². The average Bonchev–Trinajstić information content (AvgIpc) is 2.45. The first-order valence-corrected chi connectivity index (χ1v) is 6.53. The molecule has 9 heteroatoms. The molecule has 0 fully saturated rings. The summed E-state index contributed by atoms with van der Waals surface area (Å²) < 4.78 is 0. The normalized spacial score (nSPS) is 10.0. The van der Waals surface area contributed by atoms with Crippen LogP contribution in [0.2, 0.25) is 15.3 Å². The van der Waals surface area contributed by atoms with E-state index in [1.54, 1.807) is 6.07 Å². The average molecular weight is 344 g/mol. The first-order valence-electron chi connectivity index (χ1n) is 5.40. The number of pyridine rings is 1.